The maximum atomic E-state index is 13.6. The van der Waals surface area contributed by atoms with Crippen molar-refractivity contribution in [1.29, 1.82) is 0 Å². The fraction of sp³-hybridized carbons (Fsp3) is 0. The van der Waals surface area contributed by atoms with Crippen molar-refractivity contribution in [2.75, 3.05) is 11.1 Å². The Morgan fingerprint density at radius 3 is 2.58 bits per heavy atom. The van der Waals surface area contributed by atoms with Crippen LogP contribution in [0.25, 0.3) is 0 Å². The van der Waals surface area contributed by atoms with Crippen molar-refractivity contribution in [3.05, 3.63) is 56.7 Å². The molecule has 0 spiro atoms. The van der Waals surface area contributed by atoms with Crippen LogP contribution >= 0.6 is 31.9 Å². The standard InChI is InChI=1S/C13H9Br2FN2O/c14-7-1-3-11(16)9(5-7)13(19)18-8-2-4-12(17)10(15)6-8/h1-6H,17H2,(H,18,19). The molecule has 0 fully saturated rings. The molecule has 6 heteroatoms. The van der Waals surface area contributed by atoms with E-state index >= 15 is 0 Å². The van der Waals surface area contributed by atoms with Crippen molar-refractivity contribution >= 4 is 49.1 Å². The number of halogens is 3. The van der Waals surface area contributed by atoms with E-state index in [1.165, 1.54) is 18.2 Å². The van der Waals surface area contributed by atoms with E-state index in [1.54, 1.807) is 18.2 Å². The van der Waals surface area contributed by atoms with Gasteiger partial charge >= 0.3 is 0 Å². The number of rotatable bonds is 2. The molecule has 0 atom stereocenters. The van der Waals surface area contributed by atoms with E-state index in [9.17, 15) is 9.18 Å². The summed E-state index contributed by atoms with van der Waals surface area (Å²) >= 11 is 6.46. The smallest absolute Gasteiger partial charge is 0.258 e. The van der Waals surface area contributed by atoms with Gasteiger partial charge in [-0.1, -0.05) is 15.9 Å². The van der Waals surface area contributed by atoms with Gasteiger partial charge in [0, 0.05) is 20.3 Å². The van der Waals surface area contributed by atoms with Gasteiger partial charge in [0.1, 0.15) is 5.82 Å². The van der Waals surface area contributed by atoms with E-state index in [0.29, 0.717) is 20.3 Å². The largest absolute Gasteiger partial charge is 0.398 e. The van der Waals surface area contributed by atoms with Crippen LogP contribution in [0.15, 0.2) is 45.3 Å². The molecule has 0 radical (unpaired) electrons. The molecule has 0 unspecified atom stereocenters. The highest BCUT2D eigenvalue weighted by Gasteiger charge is 2.12. The highest BCUT2D eigenvalue weighted by Crippen LogP contribution is 2.24. The van der Waals surface area contributed by atoms with E-state index in [2.05, 4.69) is 37.2 Å². The molecule has 0 saturated heterocycles. The molecule has 0 aliphatic carbocycles. The summed E-state index contributed by atoms with van der Waals surface area (Å²) in [6.07, 6.45) is 0. The van der Waals surface area contributed by atoms with E-state index in [-0.39, 0.29) is 5.56 Å². The number of nitrogens with two attached hydrogens (primary N) is 1. The first kappa shape index (κ1) is 14.0. The van der Waals surface area contributed by atoms with Crippen molar-refractivity contribution in [2.24, 2.45) is 0 Å². The Hall–Kier alpha value is -1.40. The number of anilines is 2. The first-order chi connectivity index (χ1) is 8.97. The minimum atomic E-state index is -0.574. The van der Waals surface area contributed by atoms with Crippen LogP contribution in [0.2, 0.25) is 0 Å². The van der Waals surface area contributed by atoms with Gasteiger partial charge in [-0.05, 0) is 52.3 Å². The molecule has 2 rings (SSSR count). The zero-order valence-corrected chi connectivity index (χ0v) is 12.8. The third-order valence-electron chi connectivity index (χ3n) is 2.43. The monoisotopic (exact) mass is 386 g/mol. The molecule has 0 aliphatic heterocycles. The summed E-state index contributed by atoms with van der Waals surface area (Å²) in [5, 5.41) is 2.61. The van der Waals surface area contributed by atoms with Crippen LogP contribution in [0, 0.1) is 5.82 Å². The molecule has 98 valence electrons. The van der Waals surface area contributed by atoms with E-state index in [1.807, 2.05) is 0 Å². The second kappa shape index (κ2) is 5.71. The summed E-state index contributed by atoms with van der Waals surface area (Å²) in [6, 6.07) is 9.15. The first-order valence-corrected chi connectivity index (χ1v) is 6.87. The molecule has 0 saturated carbocycles. The number of hydrogen-bond acceptors (Lipinski definition) is 2. The Bertz CT molecular complexity index is 647. The number of amides is 1. The quantitative estimate of drug-likeness (QED) is 0.759. The molecule has 19 heavy (non-hydrogen) atoms. The third kappa shape index (κ3) is 3.33. The van der Waals surface area contributed by atoms with Crippen molar-refractivity contribution in [3.63, 3.8) is 0 Å². The van der Waals surface area contributed by atoms with Gasteiger partial charge in [0.15, 0.2) is 0 Å². The molecule has 3 nitrogen and oxygen atoms in total. The lowest BCUT2D eigenvalue weighted by molar-refractivity contribution is 0.102. The van der Waals surface area contributed by atoms with Crippen molar-refractivity contribution in [1.82, 2.24) is 0 Å². The summed E-state index contributed by atoms with van der Waals surface area (Å²) in [5.41, 5.74) is 6.72. The lowest BCUT2D eigenvalue weighted by Gasteiger charge is -2.08. The van der Waals surface area contributed by atoms with Crippen LogP contribution in [-0.2, 0) is 0 Å². The maximum Gasteiger partial charge on any atom is 0.258 e. The summed E-state index contributed by atoms with van der Waals surface area (Å²) in [4.78, 5) is 12.0. The number of nitrogen functional groups attached to an aromatic ring is 1. The Morgan fingerprint density at radius 2 is 1.89 bits per heavy atom. The second-order valence-electron chi connectivity index (χ2n) is 3.81. The molecular weight excluding hydrogens is 379 g/mol. The van der Waals surface area contributed by atoms with Crippen LogP contribution in [0.5, 0.6) is 0 Å². The van der Waals surface area contributed by atoms with Gasteiger partial charge in [-0.2, -0.15) is 0 Å². The maximum absolute atomic E-state index is 13.6. The average Bonchev–Trinajstić information content (AvgIpc) is 2.36. The second-order valence-corrected chi connectivity index (χ2v) is 5.58. The Balaban J connectivity index is 2.25. The van der Waals surface area contributed by atoms with Crippen molar-refractivity contribution < 1.29 is 9.18 Å². The zero-order valence-electron chi connectivity index (χ0n) is 9.58. The van der Waals surface area contributed by atoms with Gasteiger partial charge in [-0.25, -0.2) is 4.39 Å². The minimum absolute atomic E-state index is 0.0256. The Morgan fingerprint density at radius 1 is 1.16 bits per heavy atom. The molecule has 0 bridgehead atoms. The number of hydrogen-bond donors (Lipinski definition) is 2. The highest BCUT2D eigenvalue weighted by molar-refractivity contribution is 9.10. The highest BCUT2D eigenvalue weighted by atomic mass is 79.9. The topological polar surface area (TPSA) is 55.1 Å². The minimum Gasteiger partial charge on any atom is -0.398 e. The Kier molecular flexibility index (Phi) is 4.21. The van der Waals surface area contributed by atoms with Crippen LogP contribution in [-0.4, -0.2) is 5.91 Å². The number of carbonyl (C=O) groups excluding carboxylic acids is 1. The lowest BCUT2D eigenvalue weighted by Crippen LogP contribution is -2.13. The van der Waals surface area contributed by atoms with E-state index in [0.717, 1.165) is 0 Å². The average molecular weight is 388 g/mol. The van der Waals surface area contributed by atoms with Gasteiger partial charge in [0.05, 0.1) is 5.56 Å². The SMILES string of the molecule is Nc1ccc(NC(=O)c2cc(Br)ccc2F)cc1Br. The number of carbonyl (C=O) groups is 1. The molecule has 0 aliphatic rings. The summed E-state index contributed by atoms with van der Waals surface area (Å²) in [6.45, 7) is 0. The van der Waals surface area contributed by atoms with Crippen LogP contribution in [0.1, 0.15) is 10.4 Å². The molecule has 3 N–H and O–H groups in total. The van der Waals surface area contributed by atoms with Gasteiger partial charge in [0.2, 0.25) is 0 Å². The fourth-order valence-electron chi connectivity index (χ4n) is 1.47. The zero-order chi connectivity index (χ0) is 14.0. The van der Waals surface area contributed by atoms with Gasteiger partial charge in [0.25, 0.3) is 5.91 Å². The summed E-state index contributed by atoms with van der Waals surface area (Å²) in [5.74, 6) is -1.09. The molecule has 0 aromatic heterocycles. The predicted octanol–water partition coefficient (Wildman–Crippen LogP) is 4.19. The molecule has 1 amide bonds. The number of nitrogens with one attached hydrogen (secondary N) is 1. The van der Waals surface area contributed by atoms with Crippen LogP contribution in [0.4, 0.5) is 15.8 Å². The van der Waals surface area contributed by atoms with Gasteiger partial charge < -0.3 is 11.1 Å². The third-order valence-corrected chi connectivity index (χ3v) is 3.61. The predicted molar refractivity (Wildman–Crippen MR) is 80.6 cm³/mol. The van der Waals surface area contributed by atoms with Crippen LogP contribution in [0.3, 0.4) is 0 Å². The number of benzene rings is 2. The first-order valence-electron chi connectivity index (χ1n) is 5.29. The van der Waals surface area contributed by atoms with Crippen LogP contribution < -0.4 is 11.1 Å². The normalized spacial score (nSPS) is 10.3. The van der Waals surface area contributed by atoms with E-state index in [4.69, 9.17) is 5.73 Å². The van der Waals surface area contributed by atoms with E-state index < -0.39 is 11.7 Å². The molecule has 2 aromatic carbocycles. The fourth-order valence-corrected chi connectivity index (χ4v) is 2.21. The van der Waals surface area contributed by atoms with Gasteiger partial charge in [-0.15, -0.1) is 0 Å². The summed E-state index contributed by atoms with van der Waals surface area (Å²) < 4.78 is 14.9. The van der Waals surface area contributed by atoms with Crippen molar-refractivity contribution in [2.45, 2.75) is 0 Å². The van der Waals surface area contributed by atoms with Crippen molar-refractivity contribution in [3.8, 4) is 0 Å². The Labute approximate surface area is 126 Å². The molecule has 0 heterocycles. The molecule has 2 aromatic rings. The van der Waals surface area contributed by atoms with Gasteiger partial charge in [-0.3, -0.25) is 4.79 Å². The molecular formula is C13H9Br2FN2O. The summed E-state index contributed by atoms with van der Waals surface area (Å²) in [7, 11) is 0. The lowest BCUT2D eigenvalue weighted by atomic mass is 10.2.